The van der Waals surface area contributed by atoms with Crippen molar-refractivity contribution < 1.29 is 0 Å². The van der Waals surface area contributed by atoms with Gasteiger partial charge in [0.2, 0.25) is 0 Å². The normalized spacial score (nSPS) is 12.6. The van der Waals surface area contributed by atoms with Crippen LogP contribution < -0.4 is 5.73 Å². The first-order chi connectivity index (χ1) is 8.19. The molecule has 5 heteroatoms. The number of nitrogens with zero attached hydrogens (tertiary/aromatic N) is 4. The molecule has 2 aromatic rings. The summed E-state index contributed by atoms with van der Waals surface area (Å²) in [5, 5.41) is 4.09. The van der Waals surface area contributed by atoms with Crippen LogP contribution >= 0.6 is 0 Å². The Labute approximate surface area is 101 Å². The van der Waals surface area contributed by atoms with Crippen molar-refractivity contribution >= 4 is 0 Å². The summed E-state index contributed by atoms with van der Waals surface area (Å²) in [5.74, 6) is 0.701. The predicted octanol–water partition coefficient (Wildman–Crippen LogP) is 1.16. The van der Waals surface area contributed by atoms with E-state index in [-0.39, 0.29) is 6.04 Å². The third-order valence-corrected chi connectivity index (χ3v) is 2.69. The summed E-state index contributed by atoms with van der Waals surface area (Å²) in [6, 6.07) is 0.183. The fourth-order valence-corrected chi connectivity index (χ4v) is 1.59. The molecule has 0 spiro atoms. The van der Waals surface area contributed by atoms with E-state index in [0.29, 0.717) is 5.82 Å². The summed E-state index contributed by atoms with van der Waals surface area (Å²) in [7, 11) is 1.87. The minimum atomic E-state index is 0.183. The highest BCUT2D eigenvalue weighted by molar-refractivity contribution is 5.51. The Bertz CT molecular complexity index is 474. The van der Waals surface area contributed by atoms with Gasteiger partial charge >= 0.3 is 0 Å². The number of rotatable bonds is 4. The number of aryl methyl sites for hydroxylation is 1. The van der Waals surface area contributed by atoms with Crippen molar-refractivity contribution in [3.05, 3.63) is 30.4 Å². The maximum Gasteiger partial charge on any atom is 0.162 e. The second kappa shape index (κ2) is 5.05. The van der Waals surface area contributed by atoms with Crippen LogP contribution in [0.1, 0.15) is 18.9 Å². The van der Waals surface area contributed by atoms with E-state index < -0.39 is 0 Å². The third kappa shape index (κ3) is 2.88. The Morgan fingerprint density at radius 1 is 1.29 bits per heavy atom. The lowest BCUT2D eigenvalue weighted by Gasteiger charge is -2.07. The second-order valence-electron chi connectivity index (χ2n) is 4.19. The van der Waals surface area contributed by atoms with Crippen LogP contribution in [0.5, 0.6) is 0 Å². The van der Waals surface area contributed by atoms with Crippen LogP contribution in [-0.4, -0.2) is 25.8 Å². The highest BCUT2D eigenvalue weighted by Crippen LogP contribution is 2.13. The molecule has 0 aliphatic rings. The molecule has 0 radical (unpaired) electrons. The topological polar surface area (TPSA) is 69.6 Å². The van der Waals surface area contributed by atoms with Crippen molar-refractivity contribution in [2.75, 3.05) is 0 Å². The molecule has 2 N–H and O–H groups in total. The third-order valence-electron chi connectivity index (χ3n) is 2.69. The summed E-state index contributed by atoms with van der Waals surface area (Å²) in [6.45, 7) is 2.08. The zero-order chi connectivity index (χ0) is 12.3. The van der Waals surface area contributed by atoms with Gasteiger partial charge in [-0.1, -0.05) is 6.92 Å². The molecule has 0 aliphatic carbocycles. The molecule has 90 valence electrons. The van der Waals surface area contributed by atoms with Crippen LogP contribution in [0.25, 0.3) is 11.4 Å². The molecule has 0 bridgehead atoms. The molecular weight excluding hydrogens is 214 g/mol. The molecule has 2 rings (SSSR count). The molecule has 0 fully saturated rings. The molecular formula is C12H17N5. The van der Waals surface area contributed by atoms with Crippen molar-refractivity contribution in [2.24, 2.45) is 12.8 Å². The fourth-order valence-electron chi connectivity index (χ4n) is 1.59. The number of nitrogens with two attached hydrogens (primary N) is 1. The maximum absolute atomic E-state index is 5.89. The molecule has 2 aromatic heterocycles. The SMILES string of the molecule is CCC(N)Cc1cnc(-c2cnn(C)c2)nc1. The van der Waals surface area contributed by atoms with E-state index in [4.69, 9.17) is 5.73 Å². The highest BCUT2D eigenvalue weighted by Gasteiger charge is 2.05. The largest absolute Gasteiger partial charge is 0.327 e. The van der Waals surface area contributed by atoms with Gasteiger partial charge in [0.1, 0.15) is 0 Å². The molecule has 1 atom stereocenters. The monoisotopic (exact) mass is 231 g/mol. The summed E-state index contributed by atoms with van der Waals surface area (Å²) in [4.78, 5) is 8.66. The van der Waals surface area contributed by atoms with Gasteiger partial charge in [-0.15, -0.1) is 0 Å². The van der Waals surface area contributed by atoms with Crippen LogP contribution in [0.15, 0.2) is 24.8 Å². The number of aromatic nitrogens is 4. The Morgan fingerprint density at radius 3 is 2.53 bits per heavy atom. The summed E-state index contributed by atoms with van der Waals surface area (Å²) in [5.41, 5.74) is 7.89. The summed E-state index contributed by atoms with van der Waals surface area (Å²) >= 11 is 0. The van der Waals surface area contributed by atoms with Gasteiger partial charge in [0, 0.05) is 31.7 Å². The van der Waals surface area contributed by atoms with Crippen LogP contribution in [0.3, 0.4) is 0 Å². The maximum atomic E-state index is 5.89. The predicted molar refractivity (Wildman–Crippen MR) is 66.2 cm³/mol. The Kier molecular flexibility index (Phi) is 3.49. The smallest absolute Gasteiger partial charge is 0.162 e. The molecule has 0 saturated heterocycles. The molecule has 2 heterocycles. The van der Waals surface area contributed by atoms with Gasteiger partial charge in [0.15, 0.2) is 5.82 Å². The van der Waals surface area contributed by atoms with Crippen LogP contribution in [0, 0.1) is 0 Å². The van der Waals surface area contributed by atoms with Crippen molar-refractivity contribution in [1.82, 2.24) is 19.7 Å². The first-order valence-corrected chi connectivity index (χ1v) is 5.74. The number of hydrogen-bond acceptors (Lipinski definition) is 4. The average molecular weight is 231 g/mol. The lowest BCUT2D eigenvalue weighted by atomic mass is 10.1. The van der Waals surface area contributed by atoms with Crippen LogP contribution in [0.2, 0.25) is 0 Å². The quantitative estimate of drug-likeness (QED) is 0.857. The minimum absolute atomic E-state index is 0.183. The minimum Gasteiger partial charge on any atom is -0.327 e. The van der Waals surface area contributed by atoms with Crippen LogP contribution in [0.4, 0.5) is 0 Å². The zero-order valence-corrected chi connectivity index (χ0v) is 10.2. The first kappa shape index (κ1) is 11.7. The number of hydrogen-bond donors (Lipinski definition) is 1. The Hall–Kier alpha value is -1.75. The van der Waals surface area contributed by atoms with Crippen LogP contribution in [-0.2, 0) is 13.5 Å². The first-order valence-electron chi connectivity index (χ1n) is 5.74. The van der Waals surface area contributed by atoms with Crippen molar-refractivity contribution in [2.45, 2.75) is 25.8 Å². The highest BCUT2D eigenvalue weighted by atomic mass is 15.2. The average Bonchev–Trinajstić information content (AvgIpc) is 2.77. The van der Waals surface area contributed by atoms with Crippen molar-refractivity contribution in [3.63, 3.8) is 0 Å². The van der Waals surface area contributed by atoms with Gasteiger partial charge < -0.3 is 5.73 Å². The van der Waals surface area contributed by atoms with Gasteiger partial charge in [-0.05, 0) is 18.4 Å². The standard InChI is InChI=1S/C12H17N5/c1-3-11(13)4-9-5-14-12(15-6-9)10-7-16-17(2)8-10/h5-8,11H,3-4,13H2,1-2H3. The molecule has 1 unspecified atom stereocenters. The molecule has 0 aliphatic heterocycles. The molecule has 17 heavy (non-hydrogen) atoms. The van der Waals surface area contributed by atoms with E-state index >= 15 is 0 Å². The van der Waals surface area contributed by atoms with Crippen molar-refractivity contribution in [3.8, 4) is 11.4 Å². The van der Waals surface area contributed by atoms with Gasteiger partial charge in [0.25, 0.3) is 0 Å². The van der Waals surface area contributed by atoms with E-state index in [1.54, 1.807) is 10.9 Å². The molecule has 0 aromatic carbocycles. The summed E-state index contributed by atoms with van der Waals surface area (Å²) in [6.07, 6.45) is 9.11. The van der Waals surface area contributed by atoms with Gasteiger partial charge in [-0.3, -0.25) is 4.68 Å². The van der Waals surface area contributed by atoms with E-state index in [1.165, 1.54) is 0 Å². The second-order valence-corrected chi connectivity index (χ2v) is 4.19. The fraction of sp³-hybridized carbons (Fsp3) is 0.417. The van der Waals surface area contributed by atoms with E-state index in [9.17, 15) is 0 Å². The van der Waals surface area contributed by atoms with Gasteiger partial charge in [-0.25, -0.2) is 9.97 Å². The molecule has 5 nitrogen and oxygen atoms in total. The lowest BCUT2D eigenvalue weighted by molar-refractivity contribution is 0.643. The van der Waals surface area contributed by atoms with E-state index in [2.05, 4.69) is 22.0 Å². The molecule has 0 saturated carbocycles. The Balaban J connectivity index is 2.13. The van der Waals surface area contributed by atoms with E-state index in [1.807, 2.05) is 25.6 Å². The molecule has 0 amide bonds. The van der Waals surface area contributed by atoms with Gasteiger partial charge in [-0.2, -0.15) is 5.10 Å². The summed E-state index contributed by atoms with van der Waals surface area (Å²) < 4.78 is 1.74. The van der Waals surface area contributed by atoms with Crippen molar-refractivity contribution in [1.29, 1.82) is 0 Å². The lowest BCUT2D eigenvalue weighted by Crippen LogP contribution is -2.21. The van der Waals surface area contributed by atoms with E-state index in [0.717, 1.165) is 24.0 Å². The van der Waals surface area contributed by atoms with Gasteiger partial charge in [0.05, 0.1) is 11.8 Å². The Morgan fingerprint density at radius 2 is 2.00 bits per heavy atom. The zero-order valence-electron chi connectivity index (χ0n) is 10.2.